The molecule has 2 heterocycles. The van der Waals surface area contributed by atoms with Gasteiger partial charge in [0.1, 0.15) is 0 Å². The molecule has 1 saturated carbocycles. The number of aromatic nitrogens is 4. The van der Waals surface area contributed by atoms with Crippen LogP contribution < -0.4 is 5.32 Å². The fourth-order valence-electron chi connectivity index (χ4n) is 2.72. The van der Waals surface area contributed by atoms with Gasteiger partial charge in [-0.3, -0.25) is 15.1 Å². The SMILES string of the molecule is O=C(Nc1nnc(-c2ccncc2)[nH]1)[C@@H]1C[C@H]1c1ccccc1. The molecule has 2 atom stereocenters. The van der Waals surface area contributed by atoms with Crippen molar-refractivity contribution in [2.45, 2.75) is 12.3 Å². The summed E-state index contributed by atoms with van der Waals surface area (Å²) in [5.41, 5.74) is 2.09. The Bertz CT molecular complexity index is 815. The van der Waals surface area contributed by atoms with Crippen molar-refractivity contribution in [2.75, 3.05) is 5.32 Å². The lowest BCUT2D eigenvalue weighted by Gasteiger charge is -2.01. The number of nitrogens with zero attached hydrogens (tertiary/aromatic N) is 3. The van der Waals surface area contributed by atoms with E-state index in [1.54, 1.807) is 12.4 Å². The number of H-pyrrole nitrogens is 1. The van der Waals surface area contributed by atoms with Crippen molar-refractivity contribution >= 4 is 11.9 Å². The maximum atomic E-state index is 12.3. The molecule has 0 radical (unpaired) electrons. The van der Waals surface area contributed by atoms with E-state index in [1.807, 2.05) is 30.3 Å². The second-order valence-corrected chi connectivity index (χ2v) is 5.61. The normalized spacial score (nSPS) is 19.3. The Morgan fingerprint density at radius 1 is 1.09 bits per heavy atom. The van der Waals surface area contributed by atoms with E-state index in [0.717, 1.165) is 12.0 Å². The quantitative estimate of drug-likeness (QED) is 0.776. The van der Waals surface area contributed by atoms with Crippen LogP contribution in [0, 0.1) is 5.92 Å². The number of hydrogen-bond donors (Lipinski definition) is 2. The monoisotopic (exact) mass is 305 g/mol. The van der Waals surface area contributed by atoms with Crippen molar-refractivity contribution in [3.05, 3.63) is 60.4 Å². The molecule has 6 heteroatoms. The molecular formula is C17H15N5O. The summed E-state index contributed by atoms with van der Waals surface area (Å²) in [5, 5.41) is 10.8. The molecule has 0 bridgehead atoms. The highest BCUT2D eigenvalue weighted by Gasteiger charge is 2.44. The lowest BCUT2D eigenvalue weighted by atomic mass is 10.1. The molecule has 2 N–H and O–H groups in total. The standard InChI is InChI=1S/C17H15N5O/c23-16(14-10-13(14)11-4-2-1-3-5-11)20-17-19-15(21-22-17)12-6-8-18-9-7-12/h1-9,13-14H,10H2,(H2,19,20,21,22,23)/t13-,14+/m0/s1. The highest BCUT2D eigenvalue weighted by Crippen LogP contribution is 2.47. The largest absolute Gasteiger partial charge is 0.307 e. The number of nitrogens with one attached hydrogen (secondary N) is 2. The number of carbonyl (C=O) groups is 1. The molecule has 0 saturated heterocycles. The zero-order chi connectivity index (χ0) is 15.6. The van der Waals surface area contributed by atoms with E-state index in [2.05, 4.69) is 37.6 Å². The number of pyridine rings is 1. The predicted octanol–water partition coefficient (Wildman–Crippen LogP) is 2.61. The van der Waals surface area contributed by atoms with Crippen LogP contribution in [0.15, 0.2) is 54.9 Å². The first-order valence-electron chi connectivity index (χ1n) is 7.50. The molecular weight excluding hydrogens is 290 g/mol. The van der Waals surface area contributed by atoms with Gasteiger partial charge in [-0.2, -0.15) is 0 Å². The van der Waals surface area contributed by atoms with Crippen molar-refractivity contribution in [3.63, 3.8) is 0 Å². The molecule has 3 aromatic rings. The van der Waals surface area contributed by atoms with Crippen LogP contribution >= 0.6 is 0 Å². The minimum atomic E-state index is -0.0173. The van der Waals surface area contributed by atoms with Crippen LogP contribution in [0.1, 0.15) is 17.9 Å². The Morgan fingerprint density at radius 2 is 1.87 bits per heavy atom. The number of aromatic amines is 1. The summed E-state index contributed by atoms with van der Waals surface area (Å²) in [6, 6.07) is 13.8. The van der Waals surface area contributed by atoms with Crippen molar-refractivity contribution in [1.29, 1.82) is 0 Å². The van der Waals surface area contributed by atoms with E-state index in [9.17, 15) is 4.79 Å². The van der Waals surface area contributed by atoms with E-state index in [-0.39, 0.29) is 11.8 Å². The van der Waals surface area contributed by atoms with Gasteiger partial charge < -0.3 is 4.98 Å². The molecule has 1 aromatic carbocycles. The number of benzene rings is 1. The first-order chi connectivity index (χ1) is 11.3. The number of hydrogen-bond acceptors (Lipinski definition) is 4. The van der Waals surface area contributed by atoms with Crippen LogP contribution in [0.4, 0.5) is 5.95 Å². The summed E-state index contributed by atoms with van der Waals surface area (Å²) in [6.07, 6.45) is 4.25. The van der Waals surface area contributed by atoms with Gasteiger partial charge >= 0.3 is 0 Å². The van der Waals surface area contributed by atoms with Crippen molar-refractivity contribution < 1.29 is 4.79 Å². The van der Waals surface area contributed by atoms with E-state index in [0.29, 0.717) is 17.7 Å². The van der Waals surface area contributed by atoms with Crippen molar-refractivity contribution in [3.8, 4) is 11.4 Å². The fourth-order valence-corrected chi connectivity index (χ4v) is 2.72. The lowest BCUT2D eigenvalue weighted by molar-refractivity contribution is -0.117. The zero-order valence-corrected chi connectivity index (χ0v) is 12.3. The summed E-state index contributed by atoms with van der Waals surface area (Å²) < 4.78 is 0. The molecule has 2 aromatic heterocycles. The smallest absolute Gasteiger partial charge is 0.230 e. The molecule has 6 nitrogen and oxygen atoms in total. The predicted molar refractivity (Wildman–Crippen MR) is 85.5 cm³/mol. The number of anilines is 1. The molecule has 23 heavy (non-hydrogen) atoms. The van der Waals surface area contributed by atoms with Crippen LogP contribution in [-0.2, 0) is 4.79 Å². The Labute approximate surface area is 133 Å². The van der Waals surface area contributed by atoms with Gasteiger partial charge in [0, 0.05) is 23.9 Å². The third kappa shape index (κ3) is 2.83. The number of rotatable bonds is 4. The van der Waals surface area contributed by atoms with Gasteiger partial charge in [-0.15, -0.1) is 10.2 Å². The highest BCUT2D eigenvalue weighted by atomic mass is 16.2. The van der Waals surface area contributed by atoms with Crippen LogP contribution in [0.5, 0.6) is 0 Å². The van der Waals surface area contributed by atoms with Crippen LogP contribution in [0.2, 0.25) is 0 Å². The summed E-state index contributed by atoms with van der Waals surface area (Å²) in [6.45, 7) is 0. The molecule has 4 rings (SSSR count). The van der Waals surface area contributed by atoms with Gasteiger partial charge in [0.2, 0.25) is 11.9 Å². The van der Waals surface area contributed by atoms with E-state index in [4.69, 9.17) is 0 Å². The van der Waals surface area contributed by atoms with Crippen molar-refractivity contribution in [2.24, 2.45) is 5.92 Å². The summed E-state index contributed by atoms with van der Waals surface area (Å²) in [5.74, 6) is 1.28. The molecule has 1 aliphatic carbocycles. The number of amides is 1. The van der Waals surface area contributed by atoms with Crippen molar-refractivity contribution in [1.82, 2.24) is 20.2 Å². The third-order valence-electron chi connectivity index (χ3n) is 4.04. The fraction of sp³-hybridized carbons (Fsp3) is 0.176. The highest BCUT2D eigenvalue weighted by molar-refractivity contribution is 5.94. The first-order valence-corrected chi connectivity index (χ1v) is 7.50. The van der Waals surface area contributed by atoms with E-state index in [1.165, 1.54) is 5.56 Å². The Morgan fingerprint density at radius 3 is 2.65 bits per heavy atom. The van der Waals surface area contributed by atoms with Crippen LogP contribution in [-0.4, -0.2) is 26.1 Å². The third-order valence-corrected chi connectivity index (χ3v) is 4.04. The molecule has 0 spiro atoms. The zero-order valence-electron chi connectivity index (χ0n) is 12.3. The number of carbonyl (C=O) groups excluding carboxylic acids is 1. The lowest BCUT2D eigenvalue weighted by Crippen LogP contribution is -2.15. The van der Waals surface area contributed by atoms with Gasteiger partial charge in [0.25, 0.3) is 0 Å². The minimum Gasteiger partial charge on any atom is -0.307 e. The summed E-state index contributed by atoms with van der Waals surface area (Å²) >= 11 is 0. The topological polar surface area (TPSA) is 83.6 Å². The second kappa shape index (κ2) is 5.64. The van der Waals surface area contributed by atoms with Gasteiger partial charge in [-0.1, -0.05) is 30.3 Å². The van der Waals surface area contributed by atoms with E-state index < -0.39 is 0 Å². The maximum Gasteiger partial charge on any atom is 0.230 e. The Balaban J connectivity index is 1.42. The molecule has 1 fully saturated rings. The maximum absolute atomic E-state index is 12.3. The van der Waals surface area contributed by atoms with E-state index >= 15 is 0 Å². The Kier molecular flexibility index (Phi) is 3.34. The second-order valence-electron chi connectivity index (χ2n) is 5.61. The van der Waals surface area contributed by atoms with Gasteiger partial charge in [-0.05, 0) is 30.0 Å². The molecule has 1 aliphatic rings. The van der Waals surface area contributed by atoms with Crippen LogP contribution in [0.3, 0.4) is 0 Å². The van der Waals surface area contributed by atoms with Gasteiger partial charge in [0.05, 0.1) is 0 Å². The molecule has 1 amide bonds. The van der Waals surface area contributed by atoms with Gasteiger partial charge in [-0.25, -0.2) is 0 Å². The van der Waals surface area contributed by atoms with Gasteiger partial charge in [0.15, 0.2) is 5.82 Å². The molecule has 114 valence electrons. The summed E-state index contributed by atoms with van der Waals surface area (Å²) in [4.78, 5) is 19.3. The molecule has 0 aliphatic heterocycles. The molecule has 0 unspecified atom stereocenters. The first kappa shape index (κ1) is 13.6. The Hall–Kier alpha value is -3.02. The average Bonchev–Trinajstić information content (AvgIpc) is 3.29. The average molecular weight is 305 g/mol. The summed E-state index contributed by atoms with van der Waals surface area (Å²) in [7, 11) is 0. The van der Waals surface area contributed by atoms with Crippen LogP contribution in [0.25, 0.3) is 11.4 Å². The minimum absolute atomic E-state index is 0.00637.